The number of carbonyl (C=O) groups excluding carboxylic acids is 1. The molecule has 0 aliphatic rings. The van der Waals surface area contributed by atoms with Crippen LogP contribution < -0.4 is 4.74 Å². The Morgan fingerprint density at radius 3 is 2.55 bits per heavy atom. The lowest BCUT2D eigenvalue weighted by atomic mass is 10.2. The highest BCUT2D eigenvalue weighted by Gasteiger charge is 2.02. The predicted octanol–water partition coefficient (Wildman–Crippen LogP) is 4.03. The van der Waals surface area contributed by atoms with Gasteiger partial charge in [0.25, 0.3) is 0 Å². The molecule has 3 nitrogen and oxygen atoms in total. The van der Waals surface area contributed by atoms with Crippen LogP contribution in [0.15, 0.2) is 72.6 Å². The average Bonchev–Trinajstić information content (AvgIpc) is 2.41. The van der Waals surface area contributed by atoms with Crippen molar-refractivity contribution in [1.29, 1.82) is 0 Å². The fourth-order valence-corrected chi connectivity index (χ4v) is 1.39. The van der Waals surface area contributed by atoms with E-state index in [4.69, 9.17) is 9.84 Å². The number of aliphatic hydroxyl groups excluding tert-OH is 1. The zero-order valence-electron chi connectivity index (χ0n) is 11.7. The second kappa shape index (κ2) is 7.79. The molecule has 0 fully saturated rings. The van der Waals surface area contributed by atoms with Crippen molar-refractivity contribution in [2.75, 3.05) is 0 Å². The van der Waals surface area contributed by atoms with Crippen molar-refractivity contribution in [3.8, 4) is 5.75 Å². The Kier molecular flexibility index (Phi) is 6.04. The van der Waals surface area contributed by atoms with Crippen molar-refractivity contribution in [3.63, 3.8) is 0 Å². The summed E-state index contributed by atoms with van der Waals surface area (Å²) in [5.41, 5.74) is 1.59. The second-order valence-electron chi connectivity index (χ2n) is 4.20. The number of ether oxygens (including phenoxy) is 1. The maximum atomic E-state index is 11.7. The number of hydrogen-bond acceptors (Lipinski definition) is 3. The largest absolute Gasteiger partial charge is 0.513 e. The highest BCUT2D eigenvalue weighted by atomic mass is 16.5. The van der Waals surface area contributed by atoms with Crippen molar-refractivity contribution in [1.82, 2.24) is 0 Å². The predicted molar refractivity (Wildman–Crippen MR) is 80.6 cm³/mol. The first-order valence-corrected chi connectivity index (χ1v) is 6.18. The molecule has 0 amide bonds. The molecule has 3 heteroatoms. The molecule has 0 unspecified atom stereocenters. The number of esters is 1. The van der Waals surface area contributed by atoms with E-state index in [-0.39, 0.29) is 5.76 Å². The summed E-state index contributed by atoms with van der Waals surface area (Å²) in [5, 5.41) is 9.07. The Morgan fingerprint density at radius 1 is 1.25 bits per heavy atom. The average molecular weight is 270 g/mol. The molecule has 0 radical (unpaired) electrons. The van der Waals surface area contributed by atoms with Crippen molar-refractivity contribution in [2.24, 2.45) is 0 Å². The standard InChI is InChI=1S/C17H18O3/c1-4-15(10-9-14(3)18)11-12-17(19)20-16-8-6-5-7-13(16)2/h4-12,18H,1H2,2-3H3/b12-11+,14-9+,15-10+. The monoisotopic (exact) mass is 270 g/mol. The van der Waals surface area contributed by atoms with E-state index in [0.29, 0.717) is 11.3 Å². The van der Waals surface area contributed by atoms with E-state index in [1.54, 1.807) is 31.2 Å². The number of para-hydroxylation sites is 1. The molecule has 0 atom stereocenters. The number of benzene rings is 1. The Balaban J connectivity index is 2.72. The topological polar surface area (TPSA) is 46.5 Å². The maximum Gasteiger partial charge on any atom is 0.336 e. The number of aliphatic hydroxyl groups is 1. The Hall–Kier alpha value is -2.55. The zero-order chi connectivity index (χ0) is 15.0. The molecule has 0 bridgehead atoms. The number of rotatable bonds is 5. The number of hydrogen-bond donors (Lipinski definition) is 1. The molecule has 0 aromatic heterocycles. The van der Waals surface area contributed by atoms with Crippen LogP contribution in [0.5, 0.6) is 5.75 Å². The summed E-state index contributed by atoms with van der Waals surface area (Å²) >= 11 is 0. The van der Waals surface area contributed by atoms with Gasteiger partial charge in [-0.1, -0.05) is 36.9 Å². The van der Waals surface area contributed by atoms with Gasteiger partial charge in [0, 0.05) is 6.08 Å². The van der Waals surface area contributed by atoms with E-state index in [1.807, 2.05) is 25.1 Å². The van der Waals surface area contributed by atoms with E-state index in [9.17, 15) is 4.79 Å². The highest BCUT2D eigenvalue weighted by Crippen LogP contribution is 2.16. The van der Waals surface area contributed by atoms with Gasteiger partial charge in [0.2, 0.25) is 0 Å². The maximum absolute atomic E-state index is 11.7. The Labute approximate surface area is 119 Å². The first-order valence-electron chi connectivity index (χ1n) is 6.18. The van der Waals surface area contributed by atoms with Gasteiger partial charge in [-0.3, -0.25) is 0 Å². The highest BCUT2D eigenvalue weighted by molar-refractivity contribution is 5.85. The van der Waals surface area contributed by atoms with Crippen LogP contribution in [0.4, 0.5) is 0 Å². The normalized spacial score (nSPS) is 12.5. The minimum Gasteiger partial charge on any atom is -0.513 e. The van der Waals surface area contributed by atoms with Crippen LogP contribution >= 0.6 is 0 Å². The number of carbonyl (C=O) groups is 1. The first-order chi connectivity index (χ1) is 9.52. The van der Waals surface area contributed by atoms with Crippen LogP contribution in [-0.2, 0) is 4.79 Å². The fraction of sp³-hybridized carbons (Fsp3) is 0.118. The van der Waals surface area contributed by atoms with E-state index < -0.39 is 5.97 Å². The molecule has 1 N–H and O–H groups in total. The van der Waals surface area contributed by atoms with Crippen LogP contribution in [-0.4, -0.2) is 11.1 Å². The van der Waals surface area contributed by atoms with Crippen molar-refractivity contribution >= 4 is 5.97 Å². The van der Waals surface area contributed by atoms with Crippen molar-refractivity contribution < 1.29 is 14.6 Å². The van der Waals surface area contributed by atoms with Crippen molar-refractivity contribution in [2.45, 2.75) is 13.8 Å². The number of aryl methyl sites for hydroxylation is 1. The van der Waals surface area contributed by atoms with Gasteiger partial charge >= 0.3 is 5.97 Å². The van der Waals surface area contributed by atoms with Gasteiger partial charge in [-0.15, -0.1) is 0 Å². The van der Waals surface area contributed by atoms with Crippen LogP contribution in [0.25, 0.3) is 0 Å². The lowest BCUT2D eigenvalue weighted by molar-refractivity contribution is -0.129. The second-order valence-corrected chi connectivity index (χ2v) is 4.20. The molecule has 104 valence electrons. The lowest BCUT2D eigenvalue weighted by Crippen LogP contribution is -2.04. The molecule has 0 aliphatic heterocycles. The third kappa shape index (κ3) is 5.40. The van der Waals surface area contributed by atoms with Gasteiger partial charge in [-0.2, -0.15) is 0 Å². The van der Waals surface area contributed by atoms with Gasteiger partial charge < -0.3 is 9.84 Å². The van der Waals surface area contributed by atoms with E-state index in [0.717, 1.165) is 5.56 Å². The SMILES string of the molecule is C=CC(/C=C/C(=O)Oc1ccccc1C)=C\C=C(/C)O. The summed E-state index contributed by atoms with van der Waals surface area (Å²) in [6, 6.07) is 7.30. The molecule has 0 aliphatic carbocycles. The molecule has 20 heavy (non-hydrogen) atoms. The molecule has 1 aromatic rings. The quantitative estimate of drug-likeness (QED) is 0.289. The Morgan fingerprint density at radius 2 is 1.95 bits per heavy atom. The summed E-state index contributed by atoms with van der Waals surface area (Å²) in [4.78, 5) is 11.7. The summed E-state index contributed by atoms with van der Waals surface area (Å²) in [5.74, 6) is 0.259. The molecule has 1 aromatic carbocycles. The van der Waals surface area contributed by atoms with E-state index in [2.05, 4.69) is 6.58 Å². The van der Waals surface area contributed by atoms with Crippen LogP contribution in [0.2, 0.25) is 0 Å². The summed E-state index contributed by atoms with van der Waals surface area (Å²) in [7, 11) is 0. The van der Waals surface area contributed by atoms with Crippen LogP contribution in [0, 0.1) is 6.92 Å². The molecule has 0 heterocycles. The molecular formula is C17H18O3. The van der Waals surface area contributed by atoms with Gasteiger partial charge in [-0.05, 0) is 43.2 Å². The minimum absolute atomic E-state index is 0.181. The Bertz CT molecular complexity index is 574. The molecule has 0 spiro atoms. The third-order valence-corrected chi connectivity index (χ3v) is 2.47. The smallest absolute Gasteiger partial charge is 0.336 e. The summed E-state index contributed by atoms with van der Waals surface area (Å²) < 4.78 is 5.21. The van der Waals surface area contributed by atoms with Crippen molar-refractivity contribution in [3.05, 3.63) is 78.1 Å². The fourth-order valence-electron chi connectivity index (χ4n) is 1.39. The van der Waals surface area contributed by atoms with Crippen LogP contribution in [0.3, 0.4) is 0 Å². The van der Waals surface area contributed by atoms with Gasteiger partial charge in [0.15, 0.2) is 0 Å². The zero-order valence-corrected chi connectivity index (χ0v) is 11.7. The molecule has 1 rings (SSSR count). The van der Waals surface area contributed by atoms with Gasteiger partial charge in [0.1, 0.15) is 5.75 Å². The van der Waals surface area contributed by atoms with E-state index >= 15 is 0 Å². The van der Waals surface area contributed by atoms with Gasteiger partial charge in [0.05, 0.1) is 5.76 Å². The summed E-state index contributed by atoms with van der Waals surface area (Å²) in [6.07, 6.45) is 7.65. The van der Waals surface area contributed by atoms with E-state index in [1.165, 1.54) is 12.2 Å². The lowest BCUT2D eigenvalue weighted by Gasteiger charge is -2.04. The first kappa shape index (κ1) is 15.5. The molecular weight excluding hydrogens is 252 g/mol. The van der Waals surface area contributed by atoms with Gasteiger partial charge in [-0.25, -0.2) is 4.79 Å². The molecule has 0 saturated carbocycles. The third-order valence-electron chi connectivity index (χ3n) is 2.47. The number of allylic oxidation sites excluding steroid dienone is 6. The summed E-state index contributed by atoms with van der Waals surface area (Å²) in [6.45, 7) is 7.07. The van der Waals surface area contributed by atoms with Crippen LogP contribution in [0.1, 0.15) is 12.5 Å². The molecule has 0 saturated heterocycles. The minimum atomic E-state index is -0.461.